The molecule has 4 aliphatic rings. The highest BCUT2D eigenvalue weighted by molar-refractivity contribution is 5.94. The molecule has 0 unspecified atom stereocenters. The van der Waals surface area contributed by atoms with Crippen molar-refractivity contribution >= 4 is 5.91 Å². The Kier molecular flexibility index (Phi) is 6.01. The largest absolute Gasteiger partial charge is 0.493 e. The summed E-state index contributed by atoms with van der Waals surface area (Å²) >= 11 is 0. The van der Waals surface area contributed by atoms with Crippen LogP contribution in [0.25, 0.3) is 0 Å². The van der Waals surface area contributed by atoms with Gasteiger partial charge in [-0.25, -0.2) is 0 Å². The maximum absolute atomic E-state index is 13.8. The molecular weight excluding hydrogens is 476 g/mol. The number of ether oxygens (including phenoxy) is 2. The molecule has 2 aliphatic carbocycles. The summed E-state index contributed by atoms with van der Waals surface area (Å²) < 4.78 is 12.6. The van der Waals surface area contributed by atoms with E-state index in [0.29, 0.717) is 25.1 Å². The van der Waals surface area contributed by atoms with Gasteiger partial charge in [-0.3, -0.25) is 4.79 Å². The molecule has 6 heteroatoms. The Bertz CT molecular complexity index is 1340. The van der Waals surface area contributed by atoms with E-state index in [1.54, 1.807) is 7.11 Å². The minimum Gasteiger partial charge on any atom is -0.493 e. The molecule has 6 rings (SSSR count). The van der Waals surface area contributed by atoms with Crippen molar-refractivity contribution in [2.75, 3.05) is 27.2 Å². The summed E-state index contributed by atoms with van der Waals surface area (Å²) in [5.74, 6) is 7.59. The number of likely N-dealkylation sites (N-methyl/N-ethyl adjacent to an activating group) is 1. The minimum atomic E-state index is -0.925. The normalized spacial score (nSPS) is 30.7. The van der Waals surface area contributed by atoms with E-state index in [4.69, 9.17) is 9.47 Å². The first kappa shape index (κ1) is 25.3. The van der Waals surface area contributed by atoms with Gasteiger partial charge in [0.2, 0.25) is 0 Å². The lowest BCUT2D eigenvalue weighted by atomic mass is 9.48. The maximum atomic E-state index is 13.8. The fraction of sp³-hybridized carbons (Fsp3) is 0.531. The zero-order valence-corrected chi connectivity index (χ0v) is 23.1. The van der Waals surface area contributed by atoms with Crippen LogP contribution in [-0.4, -0.2) is 71.8 Å². The van der Waals surface area contributed by atoms with Gasteiger partial charge in [-0.05, 0) is 81.4 Å². The average Bonchev–Trinajstić information content (AvgIpc) is 3.24. The number of hydrogen-bond acceptors (Lipinski definition) is 5. The highest BCUT2D eigenvalue weighted by atomic mass is 16.5. The Morgan fingerprint density at radius 2 is 2.11 bits per heavy atom. The van der Waals surface area contributed by atoms with Crippen molar-refractivity contribution in [1.29, 1.82) is 0 Å². The molecule has 200 valence electrons. The number of aryl methyl sites for hydroxylation is 1. The number of rotatable bonds is 4. The summed E-state index contributed by atoms with van der Waals surface area (Å²) in [6.07, 6.45) is 2.51. The van der Waals surface area contributed by atoms with E-state index in [9.17, 15) is 9.90 Å². The Balaban J connectivity index is 1.44. The molecule has 1 spiro atoms. The molecule has 38 heavy (non-hydrogen) atoms. The molecular formula is C32H38N2O4. The predicted molar refractivity (Wildman–Crippen MR) is 146 cm³/mol. The molecule has 2 heterocycles. The van der Waals surface area contributed by atoms with E-state index in [1.165, 1.54) is 5.56 Å². The van der Waals surface area contributed by atoms with Crippen LogP contribution in [0.3, 0.4) is 0 Å². The Morgan fingerprint density at radius 1 is 1.29 bits per heavy atom. The van der Waals surface area contributed by atoms with Crippen LogP contribution in [0.1, 0.15) is 55.4 Å². The van der Waals surface area contributed by atoms with Crippen LogP contribution in [0.5, 0.6) is 11.5 Å². The summed E-state index contributed by atoms with van der Waals surface area (Å²) in [5.41, 5.74) is 2.79. The number of aliphatic hydroxyl groups is 1. The van der Waals surface area contributed by atoms with E-state index >= 15 is 0 Å². The number of amides is 1. The number of carbonyl (C=O) groups excluding carboxylic acids is 1. The third-order valence-electron chi connectivity index (χ3n) is 9.46. The second-order valence-electron chi connectivity index (χ2n) is 12.1. The van der Waals surface area contributed by atoms with Crippen LogP contribution < -0.4 is 9.47 Å². The lowest BCUT2D eigenvalue weighted by Gasteiger charge is -2.64. The lowest BCUT2D eigenvalue weighted by Crippen LogP contribution is -2.78. The fourth-order valence-corrected chi connectivity index (χ4v) is 7.88. The molecule has 2 aliphatic heterocycles. The van der Waals surface area contributed by atoms with Crippen LogP contribution >= 0.6 is 0 Å². The van der Waals surface area contributed by atoms with E-state index in [0.717, 1.165) is 41.8 Å². The third-order valence-corrected chi connectivity index (χ3v) is 9.46. The second-order valence-corrected chi connectivity index (χ2v) is 12.1. The van der Waals surface area contributed by atoms with E-state index in [2.05, 4.69) is 43.7 Å². The lowest BCUT2D eigenvalue weighted by molar-refractivity contribution is -0.197. The van der Waals surface area contributed by atoms with Crippen molar-refractivity contribution in [3.8, 4) is 23.3 Å². The SMILES string of the molecule is COc1ccc2c3c1O[C@H]1[C@@H](N(CC(C)C)C(=O)C#Cc4cccc(C)c4)CC[C@@]4(O)[C@@H](C2)N(C)CC[C@]314. The van der Waals surface area contributed by atoms with Crippen molar-refractivity contribution in [3.63, 3.8) is 0 Å². The molecule has 5 atom stereocenters. The number of hydrogen-bond donors (Lipinski definition) is 1. The van der Waals surface area contributed by atoms with Crippen LogP contribution in [0.15, 0.2) is 36.4 Å². The Morgan fingerprint density at radius 3 is 2.84 bits per heavy atom. The van der Waals surface area contributed by atoms with Gasteiger partial charge in [0.1, 0.15) is 6.10 Å². The van der Waals surface area contributed by atoms with Crippen LogP contribution in [0.4, 0.5) is 0 Å². The van der Waals surface area contributed by atoms with Crippen molar-refractivity contribution in [2.45, 2.75) is 75.7 Å². The van der Waals surface area contributed by atoms with Crippen LogP contribution in [-0.2, 0) is 16.6 Å². The molecule has 1 N–H and O–H groups in total. The molecule has 2 fully saturated rings. The van der Waals surface area contributed by atoms with E-state index in [1.807, 2.05) is 42.2 Å². The van der Waals surface area contributed by atoms with Crippen molar-refractivity contribution in [3.05, 3.63) is 58.7 Å². The van der Waals surface area contributed by atoms with Crippen molar-refractivity contribution < 1.29 is 19.4 Å². The highest BCUT2D eigenvalue weighted by Gasteiger charge is 2.73. The summed E-state index contributed by atoms with van der Waals surface area (Å²) in [7, 11) is 3.79. The van der Waals surface area contributed by atoms with Gasteiger partial charge in [0.05, 0.1) is 24.2 Å². The van der Waals surface area contributed by atoms with Gasteiger partial charge in [-0.2, -0.15) is 0 Å². The van der Waals surface area contributed by atoms with Gasteiger partial charge < -0.3 is 24.4 Å². The predicted octanol–water partition coefficient (Wildman–Crippen LogP) is 3.69. The Labute approximate surface area is 225 Å². The van der Waals surface area contributed by atoms with Crippen molar-refractivity contribution in [1.82, 2.24) is 9.80 Å². The van der Waals surface area contributed by atoms with Crippen LogP contribution in [0.2, 0.25) is 0 Å². The first-order valence-corrected chi connectivity index (χ1v) is 13.9. The van der Waals surface area contributed by atoms with Crippen LogP contribution in [0, 0.1) is 24.7 Å². The Hall–Kier alpha value is -3.01. The van der Waals surface area contributed by atoms with E-state index in [-0.39, 0.29) is 30.0 Å². The van der Waals surface area contributed by atoms with Gasteiger partial charge in [0.15, 0.2) is 11.5 Å². The fourth-order valence-electron chi connectivity index (χ4n) is 7.88. The number of likely N-dealkylation sites (tertiary alicyclic amines) is 1. The topological polar surface area (TPSA) is 62.2 Å². The molecule has 2 aromatic rings. The molecule has 1 amide bonds. The molecule has 2 aromatic carbocycles. The number of piperidine rings is 1. The zero-order valence-electron chi connectivity index (χ0n) is 23.1. The molecule has 0 aromatic heterocycles. The minimum absolute atomic E-state index is 0.0190. The van der Waals surface area contributed by atoms with Gasteiger partial charge in [0, 0.05) is 29.6 Å². The first-order chi connectivity index (χ1) is 18.2. The summed E-state index contributed by atoms with van der Waals surface area (Å²) in [4.78, 5) is 18.0. The molecule has 1 saturated carbocycles. The van der Waals surface area contributed by atoms with Gasteiger partial charge in [-0.15, -0.1) is 0 Å². The smallest absolute Gasteiger partial charge is 0.299 e. The monoisotopic (exact) mass is 514 g/mol. The van der Waals surface area contributed by atoms with Gasteiger partial charge in [-0.1, -0.05) is 38.0 Å². The highest BCUT2D eigenvalue weighted by Crippen LogP contribution is 2.65. The summed E-state index contributed by atoms with van der Waals surface area (Å²) in [6, 6.07) is 11.9. The first-order valence-electron chi connectivity index (χ1n) is 13.9. The third kappa shape index (κ3) is 3.52. The quantitative estimate of drug-likeness (QED) is 0.631. The average molecular weight is 515 g/mol. The molecule has 2 bridgehead atoms. The number of methoxy groups -OCH3 is 1. The zero-order chi connectivity index (χ0) is 26.8. The molecule has 0 radical (unpaired) electrons. The number of benzene rings is 2. The van der Waals surface area contributed by atoms with Gasteiger partial charge in [0.25, 0.3) is 5.91 Å². The molecule has 1 saturated heterocycles. The van der Waals surface area contributed by atoms with Gasteiger partial charge >= 0.3 is 0 Å². The summed E-state index contributed by atoms with van der Waals surface area (Å²) in [6.45, 7) is 7.74. The van der Waals surface area contributed by atoms with E-state index < -0.39 is 11.0 Å². The number of nitrogens with zero attached hydrogens (tertiary/aromatic N) is 2. The molecule has 6 nitrogen and oxygen atoms in total. The second kappa shape index (κ2) is 9.03. The number of carbonyl (C=O) groups is 1. The standard InChI is InChI=1S/C32H38N2O4/c1-20(2)19-34(27(35)12-9-22-8-6-7-21(3)17-22)24-13-14-32(36)26-18-23-10-11-25(37-5)29-28(23)31(32,30(24)38-29)15-16-33(26)4/h6-8,10-11,17,20,24,26,30,36H,13-16,18-19H2,1-5H3/t24-,26+,30-,31-,32+/m0/s1. The summed E-state index contributed by atoms with van der Waals surface area (Å²) in [5, 5.41) is 12.6. The maximum Gasteiger partial charge on any atom is 0.299 e. The van der Waals surface area contributed by atoms with Crippen molar-refractivity contribution in [2.24, 2.45) is 5.92 Å².